The highest BCUT2D eigenvalue weighted by Gasteiger charge is 2.12. The lowest BCUT2D eigenvalue weighted by Gasteiger charge is -2.15. The number of hydrogen-bond acceptors (Lipinski definition) is 2. The zero-order chi connectivity index (χ0) is 17.1. The Kier molecular flexibility index (Phi) is 4.81. The molecule has 24 heavy (non-hydrogen) atoms. The van der Waals surface area contributed by atoms with Gasteiger partial charge in [-0.2, -0.15) is 5.10 Å². The number of aromatic nitrogens is 2. The van der Waals surface area contributed by atoms with Gasteiger partial charge in [-0.1, -0.05) is 28.1 Å². The van der Waals surface area contributed by atoms with Crippen LogP contribution < -0.4 is 5.32 Å². The molecule has 3 aromatic rings. The van der Waals surface area contributed by atoms with Crippen LogP contribution in [-0.4, -0.2) is 15.7 Å². The lowest BCUT2D eigenvalue weighted by atomic mass is 10.1. The van der Waals surface area contributed by atoms with E-state index in [-0.39, 0.29) is 11.9 Å². The van der Waals surface area contributed by atoms with Crippen molar-refractivity contribution in [2.75, 3.05) is 0 Å². The average Bonchev–Trinajstić information content (AvgIpc) is 3.01. The molecule has 0 fully saturated rings. The van der Waals surface area contributed by atoms with Gasteiger partial charge in [-0.15, -0.1) is 0 Å². The molecule has 0 aliphatic heterocycles. The minimum absolute atomic E-state index is 0.0568. The lowest BCUT2D eigenvalue weighted by Crippen LogP contribution is -2.26. The molecule has 0 bridgehead atoms. The van der Waals surface area contributed by atoms with Crippen LogP contribution in [0.3, 0.4) is 0 Å². The van der Waals surface area contributed by atoms with Crippen LogP contribution in [0, 0.1) is 6.92 Å². The Morgan fingerprint density at radius 3 is 2.33 bits per heavy atom. The second kappa shape index (κ2) is 7.01. The lowest BCUT2D eigenvalue weighted by molar-refractivity contribution is 0.0940. The van der Waals surface area contributed by atoms with E-state index in [1.54, 1.807) is 6.20 Å². The standard InChI is InChI=1S/C19H18BrN3O/c1-13-11-12-21-23(13)18-9-5-16(6-10-18)19(24)22-14(2)15-3-7-17(20)8-4-15/h3-12,14H,1-2H3,(H,22,24)/t14-/m1/s1. The zero-order valence-electron chi connectivity index (χ0n) is 13.5. The molecular weight excluding hydrogens is 366 g/mol. The number of amides is 1. The van der Waals surface area contributed by atoms with Gasteiger partial charge in [0.2, 0.25) is 0 Å². The molecule has 1 atom stereocenters. The summed E-state index contributed by atoms with van der Waals surface area (Å²) in [5.74, 6) is -0.0887. The number of hydrogen-bond donors (Lipinski definition) is 1. The fourth-order valence-electron chi connectivity index (χ4n) is 2.51. The van der Waals surface area contributed by atoms with Gasteiger partial charge in [0.15, 0.2) is 0 Å². The molecule has 0 saturated carbocycles. The minimum atomic E-state index is -0.0887. The van der Waals surface area contributed by atoms with Gasteiger partial charge >= 0.3 is 0 Å². The Labute approximate surface area is 149 Å². The molecule has 2 aromatic carbocycles. The maximum Gasteiger partial charge on any atom is 0.251 e. The van der Waals surface area contributed by atoms with Gasteiger partial charge in [-0.25, -0.2) is 4.68 Å². The number of halogens is 1. The minimum Gasteiger partial charge on any atom is -0.346 e. The van der Waals surface area contributed by atoms with E-state index in [0.29, 0.717) is 5.56 Å². The van der Waals surface area contributed by atoms with Crippen LogP contribution >= 0.6 is 15.9 Å². The monoisotopic (exact) mass is 383 g/mol. The molecule has 4 nitrogen and oxygen atoms in total. The van der Waals surface area contributed by atoms with E-state index in [4.69, 9.17) is 0 Å². The molecule has 0 aliphatic carbocycles. The van der Waals surface area contributed by atoms with Crippen molar-refractivity contribution in [3.8, 4) is 5.69 Å². The molecule has 1 heterocycles. The van der Waals surface area contributed by atoms with Crippen molar-refractivity contribution in [3.05, 3.63) is 82.1 Å². The highest BCUT2D eigenvalue weighted by atomic mass is 79.9. The fraction of sp³-hybridized carbons (Fsp3) is 0.158. The molecule has 1 amide bonds. The second-order valence-electron chi connectivity index (χ2n) is 5.68. The predicted octanol–water partition coefficient (Wildman–Crippen LogP) is 4.43. The van der Waals surface area contributed by atoms with Crippen LogP contribution in [0.25, 0.3) is 5.69 Å². The zero-order valence-corrected chi connectivity index (χ0v) is 15.1. The van der Waals surface area contributed by atoms with Crippen LogP contribution in [0.15, 0.2) is 65.3 Å². The summed E-state index contributed by atoms with van der Waals surface area (Å²) in [4.78, 5) is 12.4. The van der Waals surface area contributed by atoms with Crippen molar-refractivity contribution < 1.29 is 4.79 Å². The van der Waals surface area contributed by atoms with E-state index in [2.05, 4.69) is 26.3 Å². The normalized spacial score (nSPS) is 12.0. The Morgan fingerprint density at radius 1 is 1.08 bits per heavy atom. The number of carbonyl (C=O) groups is 1. The van der Waals surface area contributed by atoms with Crippen molar-refractivity contribution >= 4 is 21.8 Å². The molecule has 3 rings (SSSR count). The molecule has 5 heteroatoms. The highest BCUT2D eigenvalue weighted by molar-refractivity contribution is 9.10. The largest absolute Gasteiger partial charge is 0.346 e. The summed E-state index contributed by atoms with van der Waals surface area (Å²) < 4.78 is 2.86. The molecule has 1 aromatic heterocycles. The van der Waals surface area contributed by atoms with E-state index in [1.807, 2.05) is 73.1 Å². The van der Waals surface area contributed by atoms with Gasteiger partial charge in [-0.3, -0.25) is 4.79 Å². The van der Waals surface area contributed by atoms with E-state index < -0.39 is 0 Å². The Morgan fingerprint density at radius 2 is 1.75 bits per heavy atom. The van der Waals surface area contributed by atoms with Gasteiger partial charge in [0.25, 0.3) is 5.91 Å². The maximum absolute atomic E-state index is 12.4. The SMILES string of the molecule is Cc1ccnn1-c1ccc(C(=O)N[C@H](C)c2ccc(Br)cc2)cc1. The molecule has 122 valence electrons. The summed E-state index contributed by atoms with van der Waals surface area (Å²) in [5, 5.41) is 7.29. The number of aryl methyl sites for hydroxylation is 1. The number of nitrogens with zero attached hydrogens (tertiary/aromatic N) is 2. The third-order valence-corrected chi connectivity index (χ3v) is 4.45. The first-order chi connectivity index (χ1) is 11.5. The first-order valence-electron chi connectivity index (χ1n) is 7.72. The summed E-state index contributed by atoms with van der Waals surface area (Å²) in [6.45, 7) is 3.97. The van der Waals surface area contributed by atoms with Crippen molar-refractivity contribution in [2.45, 2.75) is 19.9 Å². The Bertz CT molecular complexity index is 838. The van der Waals surface area contributed by atoms with Crippen LogP contribution in [0.4, 0.5) is 0 Å². The molecule has 0 spiro atoms. The highest BCUT2D eigenvalue weighted by Crippen LogP contribution is 2.17. The summed E-state index contributed by atoms with van der Waals surface area (Å²) >= 11 is 3.42. The molecule has 0 saturated heterocycles. The van der Waals surface area contributed by atoms with Crippen molar-refractivity contribution in [1.82, 2.24) is 15.1 Å². The number of carbonyl (C=O) groups excluding carboxylic acids is 1. The molecular formula is C19H18BrN3O. The topological polar surface area (TPSA) is 46.9 Å². The van der Waals surface area contributed by atoms with Crippen LogP contribution in [0.2, 0.25) is 0 Å². The number of nitrogens with one attached hydrogen (secondary N) is 1. The van der Waals surface area contributed by atoms with E-state index in [1.165, 1.54) is 0 Å². The summed E-state index contributed by atoms with van der Waals surface area (Å²) in [5.41, 5.74) is 3.69. The maximum atomic E-state index is 12.4. The first kappa shape index (κ1) is 16.5. The second-order valence-corrected chi connectivity index (χ2v) is 6.59. The van der Waals surface area contributed by atoms with Crippen molar-refractivity contribution in [1.29, 1.82) is 0 Å². The Balaban J connectivity index is 1.71. The van der Waals surface area contributed by atoms with Gasteiger partial charge in [0.05, 0.1) is 11.7 Å². The van der Waals surface area contributed by atoms with E-state index in [0.717, 1.165) is 21.4 Å². The predicted molar refractivity (Wildman–Crippen MR) is 98.3 cm³/mol. The van der Waals surface area contributed by atoms with Gasteiger partial charge in [-0.05, 0) is 61.9 Å². The average molecular weight is 384 g/mol. The van der Waals surface area contributed by atoms with Crippen LogP contribution in [-0.2, 0) is 0 Å². The third kappa shape index (κ3) is 3.57. The summed E-state index contributed by atoms with van der Waals surface area (Å²) in [6, 6.07) is 17.3. The number of rotatable bonds is 4. The summed E-state index contributed by atoms with van der Waals surface area (Å²) in [6.07, 6.45) is 1.76. The van der Waals surface area contributed by atoms with Gasteiger partial charge < -0.3 is 5.32 Å². The molecule has 0 unspecified atom stereocenters. The third-order valence-electron chi connectivity index (χ3n) is 3.92. The number of benzene rings is 2. The Hall–Kier alpha value is -2.40. The van der Waals surface area contributed by atoms with Crippen molar-refractivity contribution in [3.63, 3.8) is 0 Å². The molecule has 0 radical (unpaired) electrons. The quantitative estimate of drug-likeness (QED) is 0.723. The smallest absolute Gasteiger partial charge is 0.251 e. The summed E-state index contributed by atoms with van der Waals surface area (Å²) in [7, 11) is 0. The van der Waals surface area contributed by atoms with E-state index in [9.17, 15) is 4.79 Å². The molecule has 1 N–H and O–H groups in total. The van der Waals surface area contributed by atoms with Gasteiger partial charge in [0, 0.05) is 21.9 Å². The van der Waals surface area contributed by atoms with Gasteiger partial charge in [0.1, 0.15) is 0 Å². The van der Waals surface area contributed by atoms with Crippen molar-refractivity contribution in [2.24, 2.45) is 0 Å². The van der Waals surface area contributed by atoms with E-state index >= 15 is 0 Å². The fourth-order valence-corrected chi connectivity index (χ4v) is 2.77. The van der Waals surface area contributed by atoms with Crippen LogP contribution in [0.1, 0.15) is 34.6 Å². The first-order valence-corrected chi connectivity index (χ1v) is 8.51. The molecule has 0 aliphatic rings. The van der Waals surface area contributed by atoms with Crippen LogP contribution in [0.5, 0.6) is 0 Å².